The zero-order valence-electron chi connectivity index (χ0n) is 30.2. The van der Waals surface area contributed by atoms with E-state index in [2.05, 4.69) is 33.9 Å². The Kier molecular flexibility index (Phi) is 9.53. The van der Waals surface area contributed by atoms with Crippen LogP contribution < -0.4 is 0 Å². The van der Waals surface area contributed by atoms with Crippen LogP contribution >= 0.6 is 7.60 Å². The van der Waals surface area contributed by atoms with Crippen LogP contribution in [0.15, 0.2) is 23.8 Å². The fourth-order valence-electron chi connectivity index (χ4n) is 9.11. The van der Waals surface area contributed by atoms with Crippen LogP contribution in [0.3, 0.4) is 0 Å². The largest absolute Gasteiger partial charge is 0.409 e. The molecule has 0 bridgehead atoms. The monoisotopic (exact) mass is 698 g/mol. The molecule has 1 heterocycles. The van der Waals surface area contributed by atoms with Crippen molar-refractivity contribution in [3.8, 4) is 0 Å². The van der Waals surface area contributed by atoms with Gasteiger partial charge in [-0.25, -0.2) is 4.39 Å². The smallest absolute Gasteiger partial charge is 0.356 e. The molecule has 0 spiro atoms. The predicted molar refractivity (Wildman–Crippen MR) is 179 cm³/mol. The van der Waals surface area contributed by atoms with Crippen LogP contribution in [0.25, 0.3) is 0 Å². The molecule has 8 atom stereocenters. The molecule has 1 aliphatic heterocycles. The first kappa shape index (κ1) is 37.2. The molecule has 9 nitrogen and oxygen atoms in total. The van der Waals surface area contributed by atoms with Crippen LogP contribution in [0.1, 0.15) is 88.0 Å². The van der Waals surface area contributed by atoms with Gasteiger partial charge >= 0.3 is 7.60 Å². The molecule has 0 aromatic carbocycles. The zero-order chi connectivity index (χ0) is 35.1. The summed E-state index contributed by atoms with van der Waals surface area (Å²) in [6, 6.07) is 0. The molecule has 0 aromatic rings. The molecule has 0 radical (unpaired) electrons. The van der Waals surface area contributed by atoms with Gasteiger partial charge in [-0.15, -0.1) is 0 Å². The highest BCUT2D eigenvalue weighted by Gasteiger charge is 2.80. The molecule has 12 heteroatoms. The summed E-state index contributed by atoms with van der Waals surface area (Å²) in [6.45, 7) is 21.6. The summed E-state index contributed by atoms with van der Waals surface area (Å²) in [5, 5.41) is -0.109. The normalized spacial score (nSPS) is 39.6. The number of halogens is 1. The summed E-state index contributed by atoms with van der Waals surface area (Å²) in [6.07, 6.45) is 3.97. The number of carbonyl (C=O) groups excluding carboxylic acids is 2. The lowest BCUT2D eigenvalue weighted by molar-refractivity contribution is -0.248. The average Bonchev–Trinajstić information content (AvgIpc) is 3.36. The summed E-state index contributed by atoms with van der Waals surface area (Å²) < 4.78 is 69.7. The van der Waals surface area contributed by atoms with Crippen LogP contribution in [-0.4, -0.2) is 75.3 Å². The maximum Gasteiger partial charge on any atom is 0.356 e. The number of Topliss-reactive ketones (excluding diaryl/α,β-unsaturated/α-hetero) is 1. The maximum absolute atomic E-state index is 18.7. The van der Waals surface area contributed by atoms with Crippen molar-refractivity contribution in [1.82, 2.24) is 0 Å². The first-order chi connectivity index (χ1) is 21.6. The summed E-state index contributed by atoms with van der Waals surface area (Å²) in [7, 11) is -6.03. The van der Waals surface area contributed by atoms with Gasteiger partial charge in [-0.3, -0.25) is 14.2 Å². The summed E-state index contributed by atoms with van der Waals surface area (Å²) in [5.41, 5.74) is -4.78. The van der Waals surface area contributed by atoms with Crippen LogP contribution in [-0.2, 0) is 41.8 Å². The molecule has 5 aliphatic rings. The van der Waals surface area contributed by atoms with E-state index in [0.29, 0.717) is 12.8 Å². The highest BCUT2D eigenvalue weighted by atomic mass is 31.2. The van der Waals surface area contributed by atoms with Crippen molar-refractivity contribution in [2.75, 3.05) is 26.2 Å². The van der Waals surface area contributed by atoms with Gasteiger partial charge in [0.1, 0.15) is 6.35 Å². The van der Waals surface area contributed by atoms with Gasteiger partial charge in [0.05, 0.1) is 32.0 Å². The van der Waals surface area contributed by atoms with Crippen molar-refractivity contribution in [3.05, 3.63) is 23.8 Å². The minimum absolute atomic E-state index is 0.0724. The van der Waals surface area contributed by atoms with Crippen molar-refractivity contribution in [1.29, 1.82) is 0 Å². The molecular formula is C35H56FO9PSi. The lowest BCUT2D eigenvalue weighted by atomic mass is 9.45. The van der Waals surface area contributed by atoms with Crippen LogP contribution in [0, 0.1) is 22.7 Å². The molecule has 0 aromatic heterocycles. The number of rotatable bonds is 11. The van der Waals surface area contributed by atoms with E-state index >= 15 is 4.39 Å². The molecule has 266 valence electrons. The first-order valence-corrected chi connectivity index (χ1v) is 21.8. The third-order valence-electron chi connectivity index (χ3n) is 12.4. The first-order valence-electron chi connectivity index (χ1n) is 17.2. The number of ketones is 2. The lowest BCUT2D eigenvalue weighted by Gasteiger charge is -2.63. The number of alkyl halides is 1. The second-order valence-electron chi connectivity index (χ2n) is 16.5. The standard InChI is InChI=1S/C35H56FO9PSi/c1-12-41-46(39,42-13-2)22-40-29-20-33(9)26(25-15-14-23-18-24(37)16-17-32(23,8)34(25,29)36)19-28-35(33,45-31(6,7)44-28)27(38)21-43-47(10,11)30(3,4)5/h14,16-17,25-26,28-29H,12-13,15,18-22H2,1-11H3/t25-,26-,28+,29-,32-,33-,34-,35+/m0/s1. The van der Waals surface area contributed by atoms with E-state index in [1.54, 1.807) is 19.9 Å². The molecule has 2 saturated carbocycles. The minimum Gasteiger partial charge on any atom is -0.409 e. The van der Waals surface area contributed by atoms with Crippen molar-refractivity contribution >= 4 is 27.5 Å². The number of ether oxygens (including phenoxy) is 3. The molecule has 3 fully saturated rings. The Balaban J connectivity index is 1.61. The third-order valence-corrected chi connectivity index (χ3v) is 18.7. The van der Waals surface area contributed by atoms with E-state index in [4.69, 9.17) is 27.7 Å². The van der Waals surface area contributed by atoms with Gasteiger partial charge in [0.25, 0.3) is 0 Å². The van der Waals surface area contributed by atoms with Gasteiger partial charge in [-0.1, -0.05) is 45.4 Å². The summed E-state index contributed by atoms with van der Waals surface area (Å²) in [5.74, 6) is -2.26. The molecular weight excluding hydrogens is 642 g/mol. The van der Waals surface area contributed by atoms with Crippen LogP contribution in [0.5, 0.6) is 0 Å². The highest BCUT2D eigenvalue weighted by molar-refractivity contribution is 7.53. The van der Waals surface area contributed by atoms with E-state index < -0.39 is 68.3 Å². The molecule has 0 N–H and O–H groups in total. The Morgan fingerprint density at radius 2 is 1.74 bits per heavy atom. The minimum atomic E-state index is -3.72. The quantitative estimate of drug-likeness (QED) is 0.122. The van der Waals surface area contributed by atoms with Gasteiger partial charge < -0.3 is 27.7 Å². The Labute approximate surface area is 281 Å². The Morgan fingerprint density at radius 3 is 2.34 bits per heavy atom. The summed E-state index contributed by atoms with van der Waals surface area (Å²) >= 11 is 0. The number of hydrogen-bond acceptors (Lipinski definition) is 9. The molecule has 47 heavy (non-hydrogen) atoms. The maximum atomic E-state index is 18.7. The number of hydrogen-bond donors (Lipinski definition) is 0. The lowest BCUT2D eigenvalue weighted by Crippen LogP contribution is -2.70. The number of allylic oxidation sites excluding steroid dienone is 4. The Hall–Kier alpha value is -1.04. The van der Waals surface area contributed by atoms with E-state index in [0.717, 1.165) is 5.57 Å². The Morgan fingerprint density at radius 1 is 1.11 bits per heavy atom. The van der Waals surface area contributed by atoms with E-state index in [9.17, 15) is 14.2 Å². The Bertz CT molecular complexity index is 1380. The second-order valence-corrected chi connectivity index (χ2v) is 23.3. The van der Waals surface area contributed by atoms with Crippen molar-refractivity contribution < 1.29 is 46.2 Å². The number of fused-ring (bicyclic) bond motifs is 7. The van der Waals surface area contributed by atoms with Crippen molar-refractivity contribution in [2.45, 2.75) is 135 Å². The van der Waals surface area contributed by atoms with Crippen molar-refractivity contribution in [3.63, 3.8) is 0 Å². The number of carbonyl (C=O) groups is 2. The van der Waals surface area contributed by atoms with E-state index in [1.165, 1.54) is 6.08 Å². The van der Waals surface area contributed by atoms with Gasteiger partial charge in [0.15, 0.2) is 36.9 Å². The molecule has 0 amide bonds. The fraction of sp³-hybridized carbons (Fsp3) is 0.829. The predicted octanol–water partition coefficient (Wildman–Crippen LogP) is 7.70. The van der Waals surface area contributed by atoms with Gasteiger partial charge in [0.2, 0.25) is 0 Å². The SMILES string of the molecule is CCOP(=O)(CO[C@H]1C[C@@]2(C)[C@@H](C[C@H]3OC(C)(C)O[C@]32C(=O)CO[Si](C)(C)C(C)(C)C)[C@@H]2CC=C3CC(=O)C=C[C@]3(C)[C@@]12F)OCC. The van der Waals surface area contributed by atoms with E-state index in [1.807, 2.05) is 33.8 Å². The van der Waals surface area contributed by atoms with Gasteiger partial charge in [-0.05, 0) is 84.0 Å². The topological polar surface area (TPSA) is 107 Å². The van der Waals surface area contributed by atoms with E-state index in [-0.39, 0.29) is 55.2 Å². The summed E-state index contributed by atoms with van der Waals surface area (Å²) in [4.78, 5) is 27.3. The molecule has 0 unspecified atom stereocenters. The third kappa shape index (κ3) is 5.67. The van der Waals surface area contributed by atoms with Crippen molar-refractivity contribution in [2.24, 2.45) is 22.7 Å². The molecule has 1 saturated heterocycles. The van der Waals surface area contributed by atoms with Crippen LogP contribution in [0.4, 0.5) is 4.39 Å². The molecule has 4 aliphatic carbocycles. The fourth-order valence-corrected chi connectivity index (χ4v) is 11.4. The average molecular weight is 699 g/mol. The van der Waals surface area contributed by atoms with Gasteiger partial charge in [-0.2, -0.15) is 0 Å². The highest BCUT2D eigenvalue weighted by Crippen LogP contribution is 2.72. The zero-order valence-corrected chi connectivity index (χ0v) is 32.1. The van der Waals surface area contributed by atoms with Gasteiger partial charge in [0, 0.05) is 23.2 Å². The second kappa shape index (κ2) is 12.0. The molecule has 5 rings (SSSR count). The van der Waals surface area contributed by atoms with Crippen LogP contribution in [0.2, 0.25) is 18.1 Å².